The molecule has 0 spiro atoms. The first-order valence-corrected chi connectivity index (χ1v) is 12.6. The number of ether oxygens (including phenoxy) is 2. The van der Waals surface area contributed by atoms with Gasteiger partial charge in [-0.05, 0) is 49.2 Å². The number of aromatic nitrogens is 2. The van der Waals surface area contributed by atoms with Crippen LogP contribution in [0.5, 0.6) is 5.75 Å². The normalized spacial score (nSPS) is 18.2. The summed E-state index contributed by atoms with van der Waals surface area (Å²) in [5.74, 6) is 1.44. The van der Waals surface area contributed by atoms with E-state index in [4.69, 9.17) is 15.2 Å². The number of piperidine rings is 1. The van der Waals surface area contributed by atoms with Crippen LogP contribution in [0.25, 0.3) is 11.0 Å². The van der Waals surface area contributed by atoms with Crippen molar-refractivity contribution in [2.24, 2.45) is 10.7 Å². The second kappa shape index (κ2) is 11.4. The number of aliphatic imine (C=N–C) groups is 1. The maximum absolute atomic E-state index is 12.9. The fourth-order valence-corrected chi connectivity index (χ4v) is 4.80. The van der Waals surface area contributed by atoms with Gasteiger partial charge in [0.05, 0.1) is 24.2 Å². The fraction of sp³-hybridized carbons (Fsp3) is 0.321. The van der Waals surface area contributed by atoms with Crippen molar-refractivity contribution in [1.29, 1.82) is 0 Å². The van der Waals surface area contributed by atoms with Crippen molar-refractivity contribution < 1.29 is 14.3 Å². The lowest BCUT2D eigenvalue weighted by molar-refractivity contribution is 0.00308. The van der Waals surface area contributed by atoms with Gasteiger partial charge in [-0.2, -0.15) is 0 Å². The first kappa shape index (κ1) is 24.7. The van der Waals surface area contributed by atoms with Gasteiger partial charge in [0.2, 0.25) is 5.78 Å². The van der Waals surface area contributed by atoms with Crippen LogP contribution in [0.4, 0.5) is 0 Å². The predicted octanol–water partition coefficient (Wildman–Crippen LogP) is 3.31. The molecule has 3 N–H and O–H groups in total. The Bertz CT molecular complexity index is 1270. The summed E-state index contributed by atoms with van der Waals surface area (Å²) in [5.41, 5.74) is 8.61. The van der Waals surface area contributed by atoms with Crippen LogP contribution in [0.1, 0.15) is 29.0 Å². The zero-order valence-corrected chi connectivity index (χ0v) is 20.8. The predicted molar refractivity (Wildman–Crippen MR) is 143 cm³/mol. The van der Waals surface area contributed by atoms with E-state index in [1.54, 1.807) is 36.6 Å². The third kappa shape index (κ3) is 5.73. The number of carbonyl (C=O) groups excluding carboxylic acids is 1. The molecule has 0 atom stereocenters. The van der Waals surface area contributed by atoms with Crippen LogP contribution >= 0.6 is 0 Å². The number of hydrogen-bond acceptors (Lipinski definition) is 8. The number of fused-ring (bicyclic) bond motifs is 1. The van der Waals surface area contributed by atoms with E-state index in [0.717, 1.165) is 63.3 Å². The number of benzene rings is 2. The summed E-state index contributed by atoms with van der Waals surface area (Å²) in [5, 5.41) is 0. The number of ketones is 1. The lowest BCUT2D eigenvalue weighted by Gasteiger charge is -2.40. The Hall–Kier alpha value is -3.95. The monoisotopic (exact) mass is 500 g/mol. The first-order chi connectivity index (χ1) is 18.1. The molecule has 0 radical (unpaired) electrons. The number of nitrogens with one attached hydrogen (secondary N) is 1. The Labute approximate surface area is 216 Å². The molecule has 37 heavy (non-hydrogen) atoms. The minimum atomic E-state index is -0.189. The zero-order valence-electron chi connectivity index (χ0n) is 20.8. The highest BCUT2D eigenvalue weighted by molar-refractivity contribution is 6.08. The van der Waals surface area contributed by atoms with Crippen molar-refractivity contribution in [3.05, 3.63) is 84.3 Å². The van der Waals surface area contributed by atoms with Gasteiger partial charge in [0.25, 0.3) is 5.88 Å². The number of imidazole rings is 1. The quantitative estimate of drug-likeness (QED) is 0.277. The second-order valence-corrected chi connectivity index (χ2v) is 9.13. The number of hydrogen-bond donors (Lipinski definition) is 2. The Morgan fingerprint density at radius 1 is 1.11 bits per heavy atom. The Morgan fingerprint density at radius 2 is 1.84 bits per heavy atom. The van der Waals surface area contributed by atoms with Gasteiger partial charge in [0.1, 0.15) is 5.75 Å². The molecule has 3 heterocycles. The van der Waals surface area contributed by atoms with Crippen molar-refractivity contribution in [3.63, 3.8) is 0 Å². The molecule has 5 rings (SSSR count). The van der Waals surface area contributed by atoms with E-state index in [1.165, 1.54) is 0 Å². The number of para-hydroxylation sites is 2. The lowest BCUT2D eigenvalue weighted by Crippen LogP contribution is -2.49. The number of aromatic amines is 1. The van der Waals surface area contributed by atoms with Crippen LogP contribution < -0.4 is 10.5 Å². The van der Waals surface area contributed by atoms with Crippen LogP contribution in [0, 0.1) is 0 Å². The Kier molecular flexibility index (Phi) is 7.62. The van der Waals surface area contributed by atoms with E-state index in [2.05, 4.69) is 31.3 Å². The number of nitrogens with two attached hydrogens (primary N) is 1. The van der Waals surface area contributed by atoms with Crippen LogP contribution in [-0.4, -0.2) is 77.2 Å². The molecule has 2 saturated heterocycles. The average molecular weight is 501 g/mol. The SMILES string of the molecule is C=C/C=N\C(Oc1ccc(C(=O)c2nc3ccccc3[nH]2)cc1)=C(/N)N1CCC(N2CCOCC2)CC1. The molecule has 2 aromatic carbocycles. The Morgan fingerprint density at radius 3 is 2.54 bits per heavy atom. The van der Waals surface area contributed by atoms with Crippen molar-refractivity contribution in [1.82, 2.24) is 19.8 Å². The largest absolute Gasteiger partial charge is 0.436 e. The molecular weight excluding hydrogens is 468 g/mol. The Balaban J connectivity index is 1.27. The first-order valence-electron chi connectivity index (χ1n) is 12.6. The van der Waals surface area contributed by atoms with Crippen molar-refractivity contribution >= 4 is 23.0 Å². The molecule has 2 aliphatic heterocycles. The molecule has 9 nitrogen and oxygen atoms in total. The fourth-order valence-electron chi connectivity index (χ4n) is 4.80. The standard InChI is InChI=1S/C28H32N6O3/c1-2-13-30-28(26(29)34-14-11-21(12-15-34)33-16-18-36-19-17-33)37-22-9-7-20(8-10-22)25(35)27-31-23-5-3-4-6-24(23)32-27/h2-10,13,21H,1,11-12,14-19,29H2,(H,31,32)/b28-26-,30-13-. The molecule has 9 heteroatoms. The topological polar surface area (TPSA) is 109 Å². The molecule has 0 aliphatic carbocycles. The van der Waals surface area contributed by atoms with Gasteiger partial charge in [-0.15, -0.1) is 0 Å². The van der Waals surface area contributed by atoms with E-state index >= 15 is 0 Å². The molecular formula is C28H32N6O3. The summed E-state index contributed by atoms with van der Waals surface area (Å²) in [6.07, 6.45) is 5.19. The van der Waals surface area contributed by atoms with Crippen molar-refractivity contribution in [2.45, 2.75) is 18.9 Å². The van der Waals surface area contributed by atoms with Gasteiger partial charge in [-0.25, -0.2) is 9.98 Å². The highest BCUT2D eigenvalue weighted by Crippen LogP contribution is 2.23. The number of morpholine rings is 1. The number of allylic oxidation sites excluding steroid dienone is 1. The molecule has 0 unspecified atom stereocenters. The van der Waals surface area contributed by atoms with Gasteiger partial charge < -0.3 is 25.1 Å². The van der Waals surface area contributed by atoms with Gasteiger partial charge in [0, 0.05) is 44.0 Å². The van der Waals surface area contributed by atoms with Crippen molar-refractivity contribution in [3.8, 4) is 5.75 Å². The molecule has 0 bridgehead atoms. The highest BCUT2D eigenvalue weighted by atomic mass is 16.5. The summed E-state index contributed by atoms with van der Waals surface area (Å²) in [7, 11) is 0. The average Bonchev–Trinajstić information content (AvgIpc) is 3.40. The van der Waals surface area contributed by atoms with E-state index in [1.807, 2.05) is 24.3 Å². The molecule has 1 aromatic heterocycles. The molecule has 2 fully saturated rings. The van der Waals surface area contributed by atoms with Crippen LogP contribution in [-0.2, 0) is 4.74 Å². The summed E-state index contributed by atoms with van der Waals surface area (Å²) >= 11 is 0. The van der Waals surface area contributed by atoms with Gasteiger partial charge >= 0.3 is 0 Å². The number of carbonyl (C=O) groups is 1. The maximum atomic E-state index is 12.9. The van der Waals surface area contributed by atoms with E-state index in [9.17, 15) is 4.79 Å². The molecule has 192 valence electrons. The van der Waals surface area contributed by atoms with Crippen LogP contribution in [0.15, 0.2) is 77.9 Å². The number of likely N-dealkylation sites (tertiary alicyclic amines) is 1. The summed E-state index contributed by atoms with van der Waals surface area (Å²) in [6, 6.07) is 15.0. The number of nitrogens with zero attached hydrogens (tertiary/aromatic N) is 4. The smallest absolute Gasteiger partial charge is 0.260 e. The van der Waals surface area contributed by atoms with Crippen LogP contribution in [0.3, 0.4) is 0 Å². The van der Waals surface area contributed by atoms with Gasteiger partial charge in [-0.1, -0.05) is 24.8 Å². The molecule has 0 saturated carbocycles. The van der Waals surface area contributed by atoms with Crippen molar-refractivity contribution in [2.75, 3.05) is 39.4 Å². The minimum absolute atomic E-state index is 0.189. The summed E-state index contributed by atoms with van der Waals surface area (Å²) in [4.78, 5) is 29.4. The highest BCUT2D eigenvalue weighted by Gasteiger charge is 2.27. The molecule has 0 amide bonds. The number of H-pyrrole nitrogens is 1. The molecule has 3 aromatic rings. The number of rotatable bonds is 8. The van der Waals surface area contributed by atoms with E-state index < -0.39 is 0 Å². The maximum Gasteiger partial charge on any atom is 0.260 e. The summed E-state index contributed by atoms with van der Waals surface area (Å²) < 4.78 is 11.6. The summed E-state index contributed by atoms with van der Waals surface area (Å²) in [6.45, 7) is 8.95. The van der Waals surface area contributed by atoms with E-state index in [0.29, 0.717) is 34.9 Å². The second-order valence-electron chi connectivity index (χ2n) is 9.13. The minimum Gasteiger partial charge on any atom is -0.436 e. The van der Waals surface area contributed by atoms with E-state index in [-0.39, 0.29) is 5.78 Å². The lowest BCUT2D eigenvalue weighted by atomic mass is 10.0. The third-order valence-electron chi connectivity index (χ3n) is 6.82. The third-order valence-corrected chi connectivity index (χ3v) is 6.82. The zero-order chi connectivity index (χ0) is 25.6. The van der Waals surface area contributed by atoms with Crippen LogP contribution in [0.2, 0.25) is 0 Å². The van der Waals surface area contributed by atoms with Gasteiger partial charge in [-0.3, -0.25) is 9.69 Å². The molecule has 2 aliphatic rings. The van der Waals surface area contributed by atoms with Gasteiger partial charge in [0.15, 0.2) is 11.6 Å².